The highest BCUT2D eigenvalue weighted by molar-refractivity contribution is 5.87. The molecular formula is C13H20O3. The number of fused-ring (bicyclic) bond motifs is 1. The Morgan fingerprint density at radius 2 is 1.94 bits per heavy atom. The summed E-state index contributed by atoms with van der Waals surface area (Å²) in [6, 6.07) is 0. The molecule has 0 aromatic heterocycles. The van der Waals surface area contributed by atoms with Crippen LogP contribution in [0.4, 0.5) is 0 Å². The van der Waals surface area contributed by atoms with Crippen molar-refractivity contribution in [3.8, 4) is 0 Å². The summed E-state index contributed by atoms with van der Waals surface area (Å²) in [5.74, 6) is 0.888. The van der Waals surface area contributed by atoms with Crippen LogP contribution in [0.5, 0.6) is 0 Å². The van der Waals surface area contributed by atoms with Crippen molar-refractivity contribution < 1.29 is 14.3 Å². The molecule has 16 heavy (non-hydrogen) atoms. The summed E-state index contributed by atoms with van der Waals surface area (Å²) in [6.45, 7) is 5.76. The minimum Gasteiger partial charge on any atom is -0.347 e. The average molecular weight is 224 g/mol. The first-order valence-electron chi connectivity index (χ1n) is 6.40. The Labute approximate surface area is 96.5 Å². The molecule has 1 heterocycles. The first-order valence-corrected chi connectivity index (χ1v) is 6.40. The van der Waals surface area contributed by atoms with E-state index in [0.717, 1.165) is 25.7 Å². The van der Waals surface area contributed by atoms with Gasteiger partial charge in [0.05, 0.1) is 13.2 Å². The molecule has 0 aromatic carbocycles. The van der Waals surface area contributed by atoms with E-state index in [1.807, 2.05) is 0 Å². The van der Waals surface area contributed by atoms with E-state index in [1.165, 1.54) is 0 Å². The fraction of sp³-hybridized carbons (Fsp3) is 0.923. The van der Waals surface area contributed by atoms with Crippen molar-refractivity contribution in [3.05, 3.63) is 0 Å². The van der Waals surface area contributed by atoms with Crippen LogP contribution < -0.4 is 0 Å². The van der Waals surface area contributed by atoms with Crippen LogP contribution in [-0.2, 0) is 14.3 Å². The van der Waals surface area contributed by atoms with Gasteiger partial charge in [0, 0.05) is 24.2 Å². The molecule has 1 aliphatic heterocycles. The molecule has 2 aliphatic carbocycles. The van der Waals surface area contributed by atoms with Crippen molar-refractivity contribution in [2.45, 2.75) is 45.3 Å². The summed E-state index contributed by atoms with van der Waals surface area (Å²) in [5.41, 5.74) is -0.0972. The van der Waals surface area contributed by atoms with Gasteiger partial charge in [-0.1, -0.05) is 13.8 Å². The zero-order valence-corrected chi connectivity index (χ0v) is 10.1. The zero-order valence-electron chi connectivity index (χ0n) is 10.1. The van der Waals surface area contributed by atoms with Crippen LogP contribution in [0.3, 0.4) is 0 Å². The average Bonchev–Trinajstić information content (AvgIpc) is 2.83. The van der Waals surface area contributed by atoms with Gasteiger partial charge in [0.15, 0.2) is 5.79 Å². The number of hydrogen-bond donors (Lipinski definition) is 0. The third-order valence-electron chi connectivity index (χ3n) is 5.20. The van der Waals surface area contributed by atoms with E-state index in [2.05, 4.69) is 13.8 Å². The number of ketones is 1. The largest absolute Gasteiger partial charge is 0.347 e. The standard InChI is InChI=1S/C13H20O3/c1-9-10-3-4-11(14)12(10,2)5-6-13(9)15-7-8-16-13/h9-10H,3-8H2,1-2H3/t9-,10-,12-/m1/s1. The van der Waals surface area contributed by atoms with E-state index in [-0.39, 0.29) is 11.2 Å². The molecule has 2 saturated carbocycles. The van der Waals surface area contributed by atoms with Gasteiger partial charge < -0.3 is 9.47 Å². The van der Waals surface area contributed by atoms with Gasteiger partial charge in [-0.3, -0.25) is 4.79 Å². The Bertz CT molecular complexity index is 319. The lowest BCUT2D eigenvalue weighted by Gasteiger charge is -2.48. The van der Waals surface area contributed by atoms with Crippen LogP contribution in [-0.4, -0.2) is 24.8 Å². The van der Waals surface area contributed by atoms with E-state index in [9.17, 15) is 4.79 Å². The molecule has 1 saturated heterocycles. The van der Waals surface area contributed by atoms with Gasteiger partial charge in [-0.05, 0) is 18.8 Å². The summed E-state index contributed by atoms with van der Waals surface area (Å²) < 4.78 is 11.7. The lowest BCUT2D eigenvalue weighted by atomic mass is 9.62. The second-order valence-electron chi connectivity index (χ2n) is 5.78. The third kappa shape index (κ3) is 1.19. The fourth-order valence-corrected chi connectivity index (χ4v) is 4.07. The smallest absolute Gasteiger partial charge is 0.171 e. The molecule has 0 bridgehead atoms. The van der Waals surface area contributed by atoms with E-state index >= 15 is 0 Å². The summed E-state index contributed by atoms with van der Waals surface area (Å²) in [4.78, 5) is 12.0. The van der Waals surface area contributed by atoms with Crippen molar-refractivity contribution in [1.29, 1.82) is 0 Å². The van der Waals surface area contributed by atoms with E-state index in [0.29, 0.717) is 30.8 Å². The highest BCUT2D eigenvalue weighted by Gasteiger charge is 2.59. The second kappa shape index (κ2) is 3.30. The Morgan fingerprint density at radius 1 is 1.25 bits per heavy atom. The molecule has 0 unspecified atom stereocenters. The molecule has 0 radical (unpaired) electrons. The topological polar surface area (TPSA) is 35.5 Å². The van der Waals surface area contributed by atoms with Crippen LogP contribution in [0.1, 0.15) is 39.5 Å². The van der Waals surface area contributed by atoms with Gasteiger partial charge in [0.25, 0.3) is 0 Å². The molecule has 1 spiro atoms. The highest BCUT2D eigenvalue weighted by atomic mass is 16.7. The van der Waals surface area contributed by atoms with Gasteiger partial charge >= 0.3 is 0 Å². The summed E-state index contributed by atoms with van der Waals surface area (Å²) >= 11 is 0. The maximum atomic E-state index is 12.0. The van der Waals surface area contributed by atoms with E-state index in [1.54, 1.807) is 0 Å². The molecule has 0 amide bonds. The van der Waals surface area contributed by atoms with E-state index < -0.39 is 0 Å². The molecule has 3 heteroatoms. The second-order valence-corrected chi connectivity index (χ2v) is 5.78. The molecule has 0 aromatic rings. The van der Waals surface area contributed by atoms with Crippen molar-refractivity contribution in [2.75, 3.05) is 13.2 Å². The first kappa shape index (κ1) is 10.7. The van der Waals surface area contributed by atoms with E-state index in [4.69, 9.17) is 9.47 Å². The third-order valence-corrected chi connectivity index (χ3v) is 5.20. The molecule has 3 fully saturated rings. The maximum absolute atomic E-state index is 12.0. The van der Waals surface area contributed by atoms with Crippen molar-refractivity contribution >= 4 is 5.78 Å². The molecule has 90 valence electrons. The number of rotatable bonds is 0. The summed E-state index contributed by atoms with van der Waals surface area (Å²) in [5, 5.41) is 0. The van der Waals surface area contributed by atoms with Crippen molar-refractivity contribution in [3.63, 3.8) is 0 Å². The zero-order chi connectivity index (χ0) is 11.4. The molecule has 3 rings (SSSR count). The lowest BCUT2D eigenvalue weighted by molar-refractivity contribution is -0.235. The summed E-state index contributed by atoms with van der Waals surface area (Å²) in [7, 11) is 0. The predicted octanol–water partition coefficient (Wildman–Crippen LogP) is 2.14. The predicted molar refractivity (Wildman–Crippen MR) is 58.9 cm³/mol. The quantitative estimate of drug-likeness (QED) is 0.632. The Hall–Kier alpha value is -0.410. The Kier molecular flexibility index (Phi) is 2.21. The monoisotopic (exact) mass is 224 g/mol. The lowest BCUT2D eigenvalue weighted by Crippen LogP contribution is -2.51. The minimum absolute atomic E-state index is 0.0972. The number of ether oxygens (including phenoxy) is 2. The Morgan fingerprint density at radius 3 is 2.62 bits per heavy atom. The summed E-state index contributed by atoms with van der Waals surface area (Å²) in [6.07, 6.45) is 3.58. The molecule has 3 atom stereocenters. The SMILES string of the molecule is C[C@@H]1[C@H]2CCC(=O)[C@]2(C)CCC12OCCO2. The van der Waals surface area contributed by atoms with Gasteiger partial charge in [-0.25, -0.2) is 0 Å². The fourth-order valence-electron chi connectivity index (χ4n) is 4.07. The van der Waals surface area contributed by atoms with Gasteiger partial charge in [0.1, 0.15) is 5.78 Å². The van der Waals surface area contributed by atoms with Gasteiger partial charge in [0.2, 0.25) is 0 Å². The number of carbonyl (C=O) groups excluding carboxylic acids is 1. The van der Waals surface area contributed by atoms with Gasteiger partial charge in [-0.2, -0.15) is 0 Å². The first-order chi connectivity index (χ1) is 7.58. The highest BCUT2D eigenvalue weighted by Crippen LogP contribution is 2.57. The van der Waals surface area contributed by atoms with Crippen LogP contribution in [0, 0.1) is 17.3 Å². The van der Waals surface area contributed by atoms with Crippen LogP contribution in [0.2, 0.25) is 0 Å². The van der Waals surface area contributed by atoms with Crippen molar-refractivity contribution in [2.24, 2.45) is 17.3 Å². The van der Waals surface area contributed by atoms with Crippen molar-refractivity contribution in [1.82, 2.24) is 0 Å². The number of Topliss-reactive ketones (excluding diaryl/α,β-unsaturated/α-hetero) is 1. The van der Waals surface area contributed by atoms with Crippen LogP contribution >= 0.6 is 0 Å². The molecular weight excluding hydrogens is 204 g/mol. The van der Waals surface area contributed by atoms with Gasteiger partial charge in [-0.15, -0.1) is 0 Å². The maximum Gasteiger partial charge on any atom is 0.171 e. The molecule has 3 aliphatic rings. The van der Waals surface area contributed by atoms with Crippen LogP contribution in [0.25, 0.3) is 0 Å². The number of carbonyl (C=O) groups is 1. The normalized spacial score (nSPS) is 46.2. The Balaban J connectivity index is 1.91. The molecule has 0 N–H and O–H groups in total. The molecule has 3 nitrogen and oxygen atoms in total. The minimum atomic E-state index is -0.366. The van der Waals surface area contributed by atoms with Crippen LogP contribution in [0.15, 0.2) is 0 Å². The number of hydrogen-bond acceptors (Lipinski definition) is 3.